The van der Waals surface area contributed by atoms with Gasteiger partial charge in [-0.05, 0) is 37.7 Å². The summed E-state index contributed by atoms with van der Waals surface area (Å²) in [6.45, 7) is 2.71. The summed E-state index contributed by atoms with van der Waals surface area (Å²) in [4.78, 5) is 43.8. The van der Waals surface area contributed by atoms with Crippen molar-refractivity contribution in [3.8, 4) is 5.88 Å². The van der Waals surface area contributed by atoms with Crippen molar-refractivity contribution in [2.75, 3.05) is 6.61 Å². The molecule has 0 aromatic carbocycles. The Balaban J connectivity index is 1.45. The molecule has 1 fully saturated rings. The van der Waals surface area contributed by atoms with Gasteiger partial charge in [0, 0.05) is 36.5 Å². The van der Waals surface area contributed by atoms with Crippen LogP contribution in [0.25, 0.3) is 0 Å². The van der Waals surface area contributed by atoms with Crippen molar-refractivity contribution in [1.82, 2.24) is 20.3 Å². The van der Waals surface area contributed by atoms with Crippen molar-refractivity contribution in [1.29, 1.82) is 0 Å². The number of hydrogen-bond acceptors (Lipinski definition) is 5. The van der Waals surface area contributed by atoms with E-state index in [9.17, 15) is 14.4 Å². The Hall–Kier alpha value is -2.90. The molecule has 26 heavy (non-hydrogen) atoms. The van der Waals surface area contributed by atoms with Crippen molar-refractivity contribution in [3.05, 3.63) is 56.0 Å². The molecule has 2 aromatic heterocycles. The molecule has 0 saturated heterocycles. The second-order valence-corrected chi connectivity index (χ2v) is 6.55. The number of aryl methyl sites for hydroxylation is 1. The van der Waals surface area contributed by atoms with Crippen molar-refractivity contribution >= 4 is 5.91 Å². The van der Waals surface area contributed by atoms with E-state index in [2.05, 4.69) is 20.3 Å². The number of nitrogens with one attached hydrogen (secondary N) is 3. The highest BCUT2D eigenvalue weighted by molar-refractivity contribution is 5.76. The summed E-state index contributed by atoms with van der Waals surface area (Å²) >= 11 is 0. The van der Waals surface area contributed by atoms with Gasteiger partial charge < -0.3 is 15.0 Å². The highest BCUT2D eigenvalue weighted by Crippen LogP contribution is 2.29. The molecule has 1 aliphatic carbocycles. The molecular formula is C18H22N4O4. The van der Waals surface area contributed by atoms with Gasteiger partial charge in [0.25, 0.3) is 5.56 Å². The van der Waals surface area contributed by atoms with Crippen LogP contribution in [0.3, 0.4) is 0 Å². The van der Waals surface area contributed by atoms with Crippen molar-refractivity contribution in [3.63, 3.8) is 0 Å². The van der Waals surface area contributed by atoms with Crippen LogP contribution in [0.2, 0.25) is 0 Å². The van der Waals surface area contributed by atoms with Crippen LogP contribution in [0.5, 0.6) is 5.88 Å². The van der Waals surface area contributed by atoms with E-state index >= 15 is 0 Å². The lowest BCUT2D eigenvalue weighted by Gasteiger charge is -2.08. The fraction of sp³-hybridized carbons (Fsp3) is 0.444. The molecule has 0 bridgehead atoms. The predicted octanol–water partition coefficient (Wildman–Crippen LogP) is 0.804. The van der Waals surface area contributed by atoms with E-state index < -0.39 is 11.2 Å². The van der Waals surface area contributed by atoms with Crippen LogP contribution in [0.4, 0.5) is 0 Å². The molecule has 2 heterocycles. The van der Waals surface area contributed by atoms with Gasteiger partial charge in [-0.3, -0.25) is 14.6 Å². The molecular weight excluding hydrogens is 336 g/mol. The summed E-state index contributed by atoms with van der Waals surface area (Å²) in [5.74, 6) is 1.10. The number of pyridine rings is 1. The van der Waals surface area contributed by atoms with Crippen LogP contribution in [0, 0.1) is 12.8 Å². The number of aromatic amines is 2. The van der Waals surface area contributed by atoms with Crippen molar-refractivity contribution in [2.45, 2.75) is 39.2 Å². The van der Waals surface area contributed by atoms with Gasteiger partial charge in [0.1, 0.15) is 0 Å². The molecule has 8 heteroatoms. The number of aromatic nitrogens is 3. The molecule has 0 atom stereocenters. The summed E-state index contributed by atoms with van der Waals surface area (Å²) < 4.78 is 5.57. The predicted molar refractivity (Wildman–Crippen MR) is 95.0 cm³/mol. The van der Waals surface area contributed by atoms with Gasteiger partial charge in [-0.15, -0.1) is 0 Å². The Morgan fingerprint density at radius 2 is 2.12 bits per heavy atom. The minimum atomic E-state index is -0.544. The molecule has 138 valence electrons. The van der Waals surface area contributed by atoms with Crippen LogP contribution in [0.1, 0.15) is 36.1 Å². The molecule has 3 N–H and O–H groups in total. The third-order valence-electron chi connectivity index (χ3n) is 4.31. The first-order chi connectivity index (χ1) is 12.5. The Morgan fingerprint density at radius 1 is 1.31 bits per heavy atom. The lowest BCUT2D eigenvalue weighted by molar-refractivity contribution is -0.121. The summed E-state index contributed by atoms with van der Waals surface area (Å²) in [5.41, 5.74) is 0.772. The first-order valence-corrected chi connectivity index (χ1v) is 8.68. The van der Waals surface area contributed by atoms with Gasteiger partial charge in [0.2, 0.25) is 11.8 Å². The fourth-order valence-electron chi connectivity index (χ4n) is 2.54. The minimum absolute atomic E-state index is 0.159. The highest BCUT2D eigenvalue weighted by Gasteiger charge is 2.22. The maximum atomic E-state index is 12.0. The van der Waals surface area contributed by atoms with Gasteiger partial charge in [-0.1, -0.05) is 6.07 Å². The van der Waals surface area contributed by atoms with Gasteiger partial charge in [-0.2, -0.15) is 0 Å². The number of nitrogens with zero attached hydrogens (tertiary/aromatic N) is 1. The van der Waals surface area contributed by atoms with Gasteiger partial charge in [0.15, 0.2) is 0 Å². The van der Waals surface area contributed by atoms with Crippen molar-refractivity contribution in [2.24, 2.45) is 5.92 Å². The van der Waals surface area contributed by atoms with Crippen LogP contribution in [-0.4, -0.2) is 27.5 Å². The maximum Gasteiger partial charge on any atom is 0.325 e. The minimum Gasteiger partial charge on any atom is -0.477 e. The molecule has 0 unspecified atom stereocenters. The second-order valence-electron chi connectivity index (χ2n) is 6.55. The SMILES string of the molecule is Cc1[nH]c(=O)[nH]c(=O)c1CCC(=O)NCc1ccc(OCC2CC2)nc1. The maximum absolute atomic E-state index is 12.0. The number of carbonyl (C=O) groups excluding carboxylic acids is 1. The molecule has 8 nitrogen and oxygen atoms in total. The molecule has 1 amide bonds. The standard InChI is InChI=1S/C18H22N4O4/c1-11-14(17(24)22-18(25)21-11)5-6-15(23)19-8-13-4-7-16(20-9-13)26-10-12-2-3-12/h4,7,9,12H,2-3,5-6,8,10H2,1H3,(H,19,23)(H2,21,22,24,25). The summed E-state index contributed by atoms with van der Waals surface area (Å²) in [7, 11) is 0. The molecule has 2 aromatic rings. The molecule has 1 aliphatic rings. The number of ether oxygens (including phenoxy) is 1. The molecule has 0 aliphatic heterocycles. The van der Waals surface area contributed by atoms with E-state index in [-0.39, 0.29) is 18.7 Å². The molecule has 1 saturated carbocycles. The van der Waals surface area contributed by atoms with Crippen LogP contribution in [-0.2, 0) is 17.8 Å². The molecule has 3 rings (SSSR count). The van der Waals surface area contributed by atoms with Crippen LogP contribution >= 0.6 is 0 Å². The number of rotatable bonds is 8. The van der Waals surface area contributed by atoms with E-state index in [1.165, 1.54) is 12.8 Å². The normalized spacial score (nSPS) is 13.4. The number of amides is 1. The smallest absolute Gasteiger partial charge is 0.325 e. The van der Waals surface area contributed by atoms with E-state index in [0.29, 0.717) is 36.2 Å². The van der Waals surface area contributed by atoms with E-state index in [4.69, 9.17) is 4.74 Å². The van der Waals surface area contributed by atoms with Gasteiger partial charge in [-0.25, -0.2) is 9.78 Å². The van der Waals surface area contributed by atoms with E-state index in [0.717, 1.165) is 5.56 Å². The lowest BCUT2D eigenvalue weighted by Crippen LogP contribution is -2.29. The first kappa shape index (κ1) is 17.9. The van der Waals surface area contributed by atoms with Gasteiger partial charge >= 0.3 is 5.69 Å². The zero-order chi connectivity index (χ0) is 18.5. The van der Waals surface area contributed by atoms with Crippen LogP contribution in [0.15, 0.2) is 27.9 Å². The third kappa shape index (κ3) is 5.05. The Morgan fingerprint density at radius 3 is 2.77 bits per heavy atom. The third-order valence-corrected chi connectivity index (χ3v) is 4.31. The van der Waals surface area contributed by atoms with Gasteiger partial charge in [0.05, 0.1) is 6.61 Å². The number of hydrogen-bond donors (Lipinski definition) is 3. The largest absolute Gasteiger partial charge is 0.477 e. The zero-order valence-corrected chi connectivity index (χ0v) is 14.6. The monoisotopic (exact) mass is 358 g/mol. The van der Waals surface area contributed by atoms with Crippen molar-refractivity contribution < 1.29 is 9.53 Å². The fourth-order valence-corrected chi connectivity index (χ4v) is 2.54. The second kappa shape index (κ2) is 7.99. The quantitative estimate of drug-likeness (QED) is 0.645. The zero-order valence-electron chi connectivity index (χ0n) is 14.6. The van der Waals surface area contributed by atoms with E-state index in [1.54, 1.807) is 19.2 Å². The molecule has 0 spiro atoms. The van der Waals surface area contributed by atoms with Crippen LogP contribution < -0.4 is 21.3 Å². The Kier molecular flexibility index (Phi) is 5.50. The Bertz CT molecular complexity index is 881. The summed E-state index contributed by atoms with van der Waals surface area (Å²) in [6, 6.07) is 3.67. The number of H-pyrrole nitrogens is 2. The average molecular weight is 358 g/mol. The highest BCUT2D eigenvalue weighted by atomic mass is 16.5. The average Bonchev–Trinajstić information content (AvgIpc) is 3.42. The summed E-state index contributed by atoms with van der Waals surface area (Å²) in [5, 5.41) is 2.80. The Labute approximate surface area is 150 Å². The first-order valence-electron chi connectivity index (χ1n) is 8.68. The van der Waals surface area contributed by atoms with E-state index in [1.807, 2.05) is 6.07 Å². The topological polar surface area (TPSA) is 117 Å². The number of carbonyl (C=O) groups is 1. The summed E-state index contributed by atoms with van der Waals surface area (Å²) in [6.07, 6.45) is 4.56. The lowest BCUT2D eigenvalue weighted by atomic mass is 10.1. The molecule has 0 radical (unpaired) electrons.